The Morgan fingerprint density at radius 3 is 2.76 bits per heavy atom. The number of alkyl halides is 3. The van der Waals surface area contributed by atoms with E-state index in [1.54, 1.807) is 6.07 Å². The lowest BCUT2D eigenvalue weighted by atomic mass is 10.1. The van der Waals surface area contributed by atoms with E-state index < -0.39 is 18.1 Å². The average Bonchev–Trinajstić information content (AvgIpc) is 2.35. The van der Waals surface area contributed by atoms with Crippen LogP contribution in [0.2, 0.25) is 0 Å². The number of nitrogens with zero attached hydrogens (tertiary/aromatic N) is 2. The highest BCUT2D eigenvalue weighted by Gasteiger charge is 2.21. The first-order valence-electron chi connectivity index (χ1n) is 4.41. The molecule has 1 aromatic rings. The summed E-state index contributed by atoms with van der Waals surface area (Å²) in [7, 11) is 1.16. The predicted molar refractivity (Wildman–Crippen MR) is 57.9 cm³/mol. The van der Waals surface area contributed by atoms with E-state index in [9.17, 15) is 13.6 Å². The van der Waals surface area contributed by atoms with E-state index in [1.807, 2.05) is 0 Å². The molecule has 0 aliphatic heterocycles. The number of carbonyl (C=O) groups is 1. The van der Waals surface area contributed by atoms with Gasteiger partial charge in [0.1, 0.15) is 11.8 Å². The molecule has 17 heavy (non-hydrogen) atoms. The van der Waals surface area contributed by atoms with Crippen LogP contribution in [0.1, 0.15) is 33.7 Å². The number of carbonyl (C=O) groups excluding carboxylic acids is 1. The average molecular weight is 305 g/mol. The van der Waals surface area contributed by atoms with Crippen molar-refractivity contribution >= 4 is 21.9 Å². The monoisotopic (exact) mass is 304 g/mol. The molecule has 0 amide bonds. The number of halogens is 3. The molecular weight excluding hydrogens is 298 g/mol. The third-order valence-electron chi connectivity index (χ3n) is 1.99. The van der Waals surface area contributed by atoms with Gasteiger partial charge in [-0.05, 0) is 6.07 Å². The maximum absolute atomic E-state index is 12.6. The zero-order valence-corrected chi connectivity index (χ0v) is 10.3. The number of hydrogen-bond acceptors (Lipinski definition) is 4. The van der Waals surface area contributed by atoms with Gasteiger partial charge in [-0.15, -0.1) is 0 Å². The van der Waals surface area contributed by atoms with Crippen molar-refractivity contribution in [2.75, 3.05) is 7.11 Å². The second kappa shape index (κ2) is 5.68. The molecular formula is C10H7BrF2N2O2. The molecule has 0 atom stereocenters. The number of ether oxygens (including phenoxy) is 1. The largest absolute Gasteiger partial charge is 0.465 e. The van der Waals surface area contributed by atoms with Crippen molar-refractivity contribution in [3.63, 3.8) is 0 Å². The fourth-order valence-electron chi connectivity index (χ4n) is 1.21. The first-order valence-corrected chi connectivity index (χ1v) is 5.53. The number of nitriles is 1. The zero-order chi connectivity index (χ0) is 13.0. The number of methoxy groups -OCH3 is 1. The van der Waals surface area contributed by atoms with Crippen LogP contribution < -0.4 is 0 Å². The van der Waals surface area contributed by atoms with Gasteiger partial charge in [0, 0.05) is 5.33 Å². The third-order valence-corrected chi connectivity index (χ3v) is 2.52. The molecule has 4 nitrogen and oxygen atoms in total. The molecule has 7 heteroatoms. The third kappa shape index (κ3) is 2.77. The second-order valence-electron chi connectivity index (χ2n) is 2.95. The highest BCUT2D eigenvalue weighted by Crippen LogP contribution is 2.24. The minimum absolute atomic E-state index is 0.00493. The Bertz CT molecular complexity index is 486. The van der Waals surface area contributed by atoms with Crippen LogP contribution in [0.4, 0.5) is 8.78 Å². The first kappa shape index (κ1) is 13.5. The molecule has 0 saturated heterocycles. The lowest BCUT2D eigenvalue weighted by Crippen LogP contribution is -2.10. The number of aromatic nitrogens is 1. The van der Waals surface area contributed by atoms with E-state index >= 15 is 0 Å². The fourth-order valence-corrected chi connectivity index (χ4v) is 1.64. The molecule has 1 rings (SSSR count). The Kier molecular flexibility index (Phi) is 4.52. The minimum Gasteiger partial charge on any atom is -0.465 e. The van der Waals surface area contributed by atoms with Crippen LogP contribution in [0.25, 0.3) is 0 Å². The molecule has 1 aromatic heterocycles. The minimum atomic E-state index is -2.87. The fraction of sp³-hybridized carbons (Fsp3) is 0.300. The molecule has 0 aromatic carbocycles. The Hall–Kier alpha value is -1.55. The number of rotatable bonds is 3. The standard InChI is InChI=1S/C10H7BrF2N2O2/c1-17-10(16)6-2-5(4-14)8(9(12)13)15-7(6)3-11/h2,9H,3H2,1H3. The molecule has 0 saturated carbocycles. The van der Waals surface area contributed by atoms with Gasteiger partial charge in [-0.25, -0.2) is 18.6 Å². The van der Waals surface area contributed by atoms with Gasteiger partial charge in [0.15, 0.2) is 0 Å². The lowest BCUT2D eigenvalue weighted by Gasteiger charge is -2.08. The number of esters is 1. The molecule has 0 radical (unpaired) electrons. The highest BCUT2D eigenvalue weighted by molar-refractivity contribution is 9.08. The van der Waals surface area contributed by atoms with Gasteiger partial charge in [0.05, 0.1) is 23.9 Å². The summed E-state index contributed by atoms with van der Waals surface area (Å²) in [5.74, 6) is -0.718. The molecule has 1 heterocycles. The zero-order valence-electron chi connectivity index (χ0n) is 8.71. The van der Waals surface area contributed by atoms with E-state index in [0.29, 0.717) is 0 Å². The van der Waals surface area contributed by atoms with Crippen molar-refractivity contribution in [3.8, 4) is 6.07 Å². The topological polar surface area (TPSA) is 63.0 Å². The van der Waals surface area contributed by atoms with Crippen LogP contribution >= 0.6 is 15.9 Å². The van der Waals surface area contributed by atoms with Gasteiger partial charge in [0.2, 0.25) is 0 Å². The van der Waals surface area contributed by atoms with Crippen LogP contribution in [-0.2, 0) is 10.1 Å². The maximum Gasteiger partial charge on any atom is 0.339 e. The smallest absolute Gasteiger partial charge is 0.339 e. The van der Waals surface area contributed by atoms with E-state index in [0.717, 1.165) is 13.2 Å². The number of pyridine rings is 1. The van der Waals surface area contributed by atoms with Crippen molar-refractivity contribution < 1.29 is 18.3 Å². The Morgan fingerprint density at radius 1 is 1.71 bits per heavy atom. The summed E-state index contributed by atoms with van der Waals surface area (Å²) in [4.78, 5) is 15.0. The molecule has 0 fully saturated rings. The van der Waals surface area contributed by atoms with Crippen LogP contribution in [0, 0.1) is 11.3 Å². The van der Waals surface area contributed by atoms with Crippen molar-refractivity contribution in [2.45, 2.75) is 11.8 Å². The number of hydrogen-bond donors (Lipinski definition) is 0. The summed E-state index contributed by atoms with van der Waals surface area (Å²) < 4.78 is 29.7. The summed E-state index contributed by atoms with van der Waals surface area (Å²) >= 11 is 3.04. The van der Waals surface area contributed by atoms with Crippen LogP contribution in [-0.4, -0.2) is 18.1 Å². The molecule has 0 spiro atoms. The molecule has 0 aliphatic carbocycles. The summed E-state index contributed by atoms with van der Waals surface area (Å²) in [5, 5.41) is 8.84. The maximum atomic E-state index is 12.6. The Balaban J connectivity index is 3.44. The van der Waals surface area contributed by atoms with Crippen molar-refractivity contribution in [3.05, 3.63) is 28.6 Å². The predicted octanol–water partition coefficient (Wildman–Crippen LogP) is 2.57. The van der Waals surface area contributed by atoms with Gasteiger partial charge in [-0.1, -0.05) is 15.9 Å². The molecule has 0 N–H and O–H groups in total. The van der Waals surface area contributed by atoms with Gasteiger partial charge >= 0.3 is 5.97 Å². The van der Waals surface area contributed by atoms with E-state index in [2.05, 4.69) is 25.7 Å². The molecule has 0 bridgehead atoms. The summed E-state index contributed by atoms with van der Waals surface area (Å²) in [6.07, 6.45) is -2.87. The van der Waals surface area contributed by atoms with Crippen molar-refractivity contribution in [1.82, 2.24) is 4.98 Å². The van der Waals surface area contributed by atoms with Gasteiger partial charge < -0.3 is 4.74 Å². The van der Waals surface area contributed by atoms with Gasteiger partial charge in [0.25, 0.3) is 6.43 Å². The van der Waals surface area contributed by atoms with Crippen LogP contribution in [0.15, 0.2) is 6.07 Å². The van der Waals surface area contributed by atoms with E-state index in [-0.39, 0.29) is 22.2 Å². The van der Waals surface area contributed by atoms with Crippen molar-refractivity contribution in [1.29, 1.82) is 5.26 Å². The molecule has 90 valence electrons. The second-order valence-corrected chi connectivity index (χ2v) is 3.51. The quantitative estimate of drug-likeness (QED) is 0.636. The Labute approximate surface area is 104 Å². The summed E-state index contributed by atoms with van der Waals surface area (Å²) in [6, 6.07) is 2.65. The summed E-state index contributed by atoms with van der Waals surface area (Å²) in [6.45, 7) is 0. The highest BCUT2D eigenvalue weighted by atomic mass is 79.9. The molecule has 0 aliphatic rings. The molecule has 0 unspecified atom stereocenters. The van der Waals surface area contributed by atoms with Crippen molar-refractivity contribution in [2.24, 2.45) is 0 Å². The van der Waals surface area contributed by atoms with Crippen LogP contribution in [0.3, 0.4) is 0 Å². The van der Waals surface area contributed by atoms with Gasteiger partial charge in [-0.3, -0.25) is 0 Å². The van der Waals surface area contributed by atoms with Crippen LogP contribution in [0.5, 0.6) is 0 Å². The lowest BCUT2D eigenvalue weighted by molar-refractivity contribution is 0.0598. The normalized spacial score (nSPS) is 10.1. The first-order chi connectivity index (χ1) is 8.04. The van der Waals surface area contributed by atoms with Gasteiger partial charge in [-0.2, -0.15) is 5.26 Å². The van der Waals surface area contributed by atoms with E-state index in [4.69, 9.17) is 5.26 Å². The SMILES string of the molecule is COC(=O)c1cc(C#N)c(C(F)F)nc1CBr. The Morgan fingerprint density at radius 2 is 2.35 bits per heavy atom. The van der Waals surface area contributed by atoms with E-state index in [1.165, 1.54) is 0 Å². The summed E-state index contributed by atoms with van der Waals surface area (Å²) in [5.41, 5.74) is -0.837.